The fourth-order valence-electron chi connectivity index (χ4n) is 2.21. The minimum absolute atomic E-state index is 0.179. The van der Waals surface area contributed by atoms with Crippen LogP contribution in [-0.4, -0.2) is 33.3 Å². The molecule has 0 bridgehead atoms. The highest BCUT2D eigenvalue weighted by Crippen LogP contribution is 2.37. The first kappa shape index (κ1) is 20.0. The van der Waals surface area contributed by atoms with E-state index in [9.17, 15) is 4.79 Å². The number of benzene rings is 2. The molecule has 0 aliphatic carbocycles. The summed E-state index contributed by atoms with van der Waals surface area (Å²) < 4.78 is 17.0. The summed E-state index contributed by atoms with van der Waals surface area (Å²) in [5.41, 5.74) is 1.89. The van der Waals surface area contributed by atoms with Crippen molar-refractivity contribution >= 4 is 27.9 Å². The van der Waals surface area contributed by atoms with Gasteiger partial charge in [0.15, 0.2) is 11.5 Å². The maximum atomic E-state index is 11.7. The van der Waals surface area contributed by atoms with E-state index in [0.29, 0.717) is 31.3 Å². The topological polar surface area (TPSA) is 56.8 Å². The molecule has 6 heteroatoms. The van der Waals surface area contributed by atoms with Gasteiger partial charge in [-0.15, -0.1) is 0 Å². The fourth-order valence-corrected chi connectivity index (χ4v) is 2.79. The first-order chi connectivity index (χ1) is 12.6. The molecule has 1 amide bonds. The van der Waals surface area contributed by atoms with Gasteiger partial charge in [-0.1, -0.05) is 30.3 Å². The molecule has 138 valence electrons. The van der Waals surface area contributed by atoms with Gasteiger partial charge in [0.2, 0.25) is 5.91 Å². The van der Waals surface area contributed by atoms with Crippen molar-refractivity contribution in [2.75, 3.05) is 27.4 Å². The zero-order chi connectivity index (χ0) is 18.8. The SMILES string of the molecule is COCCNC(=O)/C=C/c1cc(Br)c(OCc2ccccc2)c(OC)c1. The summed E-state index contributed by atoms with van der Waals surface area (Å²) in [6, 6.07) is 13.6. The van der Waals surface area contributed by atoms with Crippen LogP contribution in [0.3, 0.4) is 0 Å². The molecule has 0 atom stereocenters. The van der Waals surface area contributed by atoms with E-state index in [1.165, 1.54) is 6.08 Å². The Hall–Kier alpha value is -2.31. The Morgan fingerprint density at radius 3 is 2.65 bits per heavy atom. The number of methoxy groups -OCH3 is 2. The molecular weight excluding hydrogens is 398 g/mol. The Kier molecular flexibility index (Phi) is 8.18. The molecule has 1 N–H and O–H groups in total. The van der Waals surface area contributed by atoms with E-state index >= 15 is 0 Å². The van der Waals surface area contributed by atoms with Crippen LogP contribution in [0, 0.1) is 0 Å². The fraction of sp³-hybridized carbons (Fsp3) is 0.250. The standard InChI is InChI=1S/C20H22BrNO4/c1-24-11-10-22-19(23)9-8-16-12-17(21)20(18(13-16)25-2)26-14-15-6-4-3-5-7-15/h3-9,12-13H,10-11,14H2,1-2H3,(H,22,23)/b9-8+. The van der Waals surface area contributed by atoms with Gasteiger partial charge in [0.05, 0.1) is 18.2 Å². The highest BCUT2D eigenvalue weighted by atomic mass is 79.9. The summed E-state index contributed by atoms with van der Waals surface area (Å²) in [5.74, 6) is 1.04. The molecule has 0 aliphatic rings. The van der Waals surface area contributed by atoms with E-state index < -0.39 is 0 Å². The third-order valence-corrected chi connectivity index (χ3v) is 4.10. The average Bonchev–Trinajstić information content (AvgIpc) is 2.66. The van der Waals surface area contributed by atoms with E-state index in [1.54, 1.807) is 20.3 Å². The molecule has 0 radical (unpaired) electrons. The van der Waals surface area contributed by atoms with Crippen LogP contribution in [0.1, 0.15) is 11.1 Å². The van der Waals surface area contributed by atoms with E-state index in [0.717, 1.165) is 15.6 Å². The second kappa shape index (κ2) is 10.6. The number of halogens is 1. The molecule has 2 rings (SSSR count). The first-order valence-electron chi connectivity index (χ1n) is 8.13. The van der Waals surface area contributed by atoms with Gasteiger partial charge in [0.25, 0.3) is 0 Å². The normalized spacial score (nSPS) is 10.7. The Morgan fingerprint density at radius 2 is 1.96 bits per heavy atom. The van der Waals surface area contributed by atoms with E-state index in [2.05, 4.69) is 21.2 Å². The lowest BCUT2D eigenvalue weighted by Crippen LogP contribution is -2.24. The lowest BCUT2D eigenvalue weighted by Gasteiger charge is -2.13. The van der Waals surface area contributed by atoms with E-state index in [4.69, 9.17) is 14.2 Å². The lowest BCUT2D eigenvalue weighted by atomic mass is 10.2. The molecule has 5 nitrogen and oxygen atoms in total. The van der Waals surface area contributed by atoms with Crippen molar-refractivity contribution in [3.63, 3.8) is 0 Å². The Balaban J connectivity index is 2.07. The Bertz CT molecular complexity index is 747. The largest absolute Gasteiger partial charge is 0.493 e. The van der Waals surface area contributed by atoms with Gasteiger partial charge in [-0.25, -0.2) is 0 Å². The smallest absolute Gasteiger partial charge is 0.244 e. The Morgan fingerprint density at radius 1 is 1.19 bits per heavy atom. The van der Waals surface area contributed by atoms with Crippen LogP contribution in [0.4, 0.5) is 0 Å². The van der Waals surface area contributed by atoms with Crippen molar-refractivity contribution in [3.05, 3.63) is 64.1 Å². The summed E-state index contributed by atoms with van der Waals surface area (Å²) in [5, 5.41) is 2.73. The summed E-state index contributed by atoms with van der Waals surface area (Å²) in [6.07, 6.45) is 3.19. The van der Waals surface area contributed by atoms with Crippen molar-refractivity contribution in [2.24, 2.45) is 0 Å². The second-order valence-corrected chi connectivity index (χ2v) is 6.28. The van der Waals surface area contributed by atoms with E-state index in [1.807, 2.05) is 42.5 Å². The second-order valence-electron chi connectivity index (χ2n) is 5.43. The van der Waals surface area contributed by atoms with Crippen LogP contribution in [-0.2, 0) is 16.1 Å². The maximum absolute atomic E-state index is 11.7. The predicted octanol–water partition coefficient (Wildman–Crippen LogP) is 3.81. The molecule has 0 saturated carbocycles. The number of hydrogen-bond donors (Lipinski definition) is 1. The van der Waals surface area contributed by atoms with E-state index in [-0.39, 0.29) is 5.91 Å². The minimum atomic E-state index is -0.179. The van der Waals surface area contributed by atoms with Gasteiger partial charge in [-0.2, -0.15) is 0 Å². The van der Waals surface area contributed by atoms with Crippen molar-refractivity contribution in [1.29, 1.82) is 0 Å². The van der Waals surface area contributed by atoms with Crippen LogP contribution >= 0.6 is 15.9 Å². The van der Waals surface area contributed by atoms with Crippen LogP contribution in [0.15, 0.2) is 53.0 Å². The number of nitrogens with one attached hydrogen (secondary N) is 1. The molecule has 0 heterocycles. The maximum Gasteiger partial charge on any atom is 0.244 e. The van der Waals surface area contributed by atoms with Gasteiger partial charge in [-0.3, -0.25) is 4.79 Å². The number of hydrogen-bond acceptors (Lipinski definition) is 4. The third kappa shape index (κ3) is 6.20. The van der Waals surface area contributed by atoms with Crippen LogP contribution in [0.25, 0.3) is 6.08 Å². The monoisotopic (exact) mass is 419 g/mol. The number of rotatable bonds is 9. The molecule has 2 aromatic carbocycles. The van der Waals surface area contributed by atoms with Gasteiger partial charge in [0.1, 0.15) is 6.61 Å². The van der Waals surface area contributed by atoms with Crippen molar-refractivity contribution in [1.82, 2.24) is 5.32 Å². The highest BCUT2D eigenvalue weighted by molar-refractivity contribution is 9.10. The number of carbonyl (C=O) groups is 1. The summed E-state index contributed by atoms with van der Waals surface area (Å²) in [6.45, 7) is 1.39. The highest BCUT2D eigenvalue weighted by Gasteiger charge is 2.11. The molecule has 0 aromatic heterocycles. The molecule has 0 fully saturated rings. The summed E-state index contributed by atoms with van der Waals surface area (Å²) >= 11 is 3.51. The van der Waals surface area contributed by atoms with Crippen LogP contribution in [0.5, 0.6) is 11.5 Å². The molecule has 0 spiro atoms. The molecule has 2 aromatic rings. The van der Waals surface area contributed by atoms with Crippen molar-refractivity contribution in [2.45, 2.75) is 6.61 Å². The third-order valence-electron chi connectivity index (χ3n) is 3.51. The lowest BCUT2D eigenvalue weighted by molar-refractivity contribution is -0.116. The first-order valence-corrected chi connectivity index (χ1v) is 8.92. The number of amides is 1. The minimum Gasteiger partial charge on any atom is -0.493 e. The summed E-state index contributed by atoms with van der Waals surface area (Å²) in [4.78, 5) is 11.7. The molecule has 0 unspecified atom stereocenters. The van der Waals surface area contributed by atoms with Crippen LogP contribution < -0.4 is 14.8 Å². The number of carbonyl (C=O) groups excluding carboxylic acids is 1. The molecular formula is C20H22BrNO4. The van der Waals surface area contributed by atoms with Gasteiger partial charge in [0, 0.05) is 19.7 Å². The van der Waals surface area contributed by atoms with Crippen molar-refractivity contribution < 1.29 is 19.0 Å². The van der Waals surface area contributed by atoms with Gasteiger partial charge >= 0.3 is 0 Å². The summed E-state index contributed by atoms with van der Waals surface area (Å²) in [7, 11) is 3.18. The zero-order valence-corrected chi connectivity index (χ0v) is 16.4. The predicted molar refractivity (Wildman–Crippen MR) is 105 cm³/mol. The molecule has 26 heavy (non-hydrogen) atoms. The van der Waals surface area contributed by atoms with Gasteiger partial charge < -0.3 is 19.5 Å². The van der Waals surface area contributed by atoms with Crippen LogP contribution in [0.2, 0.25) is 0 Å². The molecule has 0 aliphatic heterocycles. The van der Waals surface area contributed by atoms with Crippen molar-refractivity contribution in [3.8, 4) is 11.5 Å². The van der Waals surface area contributed by atoms with Gasteiger partial charge in [-0.05, 0) is 45.3 Å². The average molecular weight is 420 g/mol. The Labute approximate surface area is 162 Å². The quantitative estimate of drug-likeness (QED) is 0.495. The number of ether oxygens (including phenoxy) is 3. The molecule has 0 saturated heterocycles. The zero-order valence-electron chi connectivity index (χ0n) is 14.8.